The van der Waals surface area contributed by atoms with Crippen molar-refractivity contribution in [3.63, 3.8) is 0 Å². The molecular weight excluding hydrogens is 238 g/mol. The van der Waals surface area contributed by atoms with E-state index < -0.39 is 10.0 Å². The molecule has 0 atom stereocenters. The van der Waals surface area contributed by atoms with Crippen molar-refractivity contribution in [3.8, 4) is 0 Å². The molecule has 0 amide bonds. The van der Waals surface area contributed by atoms with Gasteiger partial charge in [-0.3, -0.25) is 0 Å². The first-order chi connectivity index (χ1) is 7.10. The molecule has 0 saturated carbocycles. The van der Waals surface area contributed by atoms with Crippen LogP contribution < -0.4 is 0 Å². The van der Waals surface area contributed by atoms with Crippen LogP contribution in [0.1, 0.15) is 0 Å². The van der Waals surface area contributed by atoms with Gasteiger partial charge in [-0.2, -0.15) is 4.31 Å². The molecule has 0 fully saturated rings. The minimum absolute atomic E-state index is 0.0356. The van der Waals surface area contributed by atoms with Gasteiger partial charge in [-0.05, 0) is 11.6 Å². The van der Waals surface area contributed by atoms with Crippen LogP contribution in [0.15, 0.2) is 29.4 Å². The van der Waals surface area contributed by atoms with Gasteiger partial charge in [0.1, 0.15) is 4.90 Å². The molecule has 0 bridgehead atoms. The number of halogens is 1. The zero-order chi connectivity index (χ0) is 10.9. The number of hydrogen-bond donors (Lipinski definition) is 0. The third-order valence-corrected chi connectivity index (χ3v) is 4.00. The number of sulfonamides is 1. The first kappa shape index (κ1) is 10.5. The van der Waals surface area contributed by atoms with Crippen molar-refractivity contribution >= 4 is 21.6 Å². The fourth-order valence-electron chi connectivity index (χ4n) is 1.24. The van der Waals surface area contributed by atoms with E-state index in [1.54, 1.807) is 12.2 Å². The largest absolute Gasteiger partial charge is 0.246 e. The van der Waals surface area contributed by atoms with E-state index in [2.05, 4.69) is 9.97 Å². The van der Waals surface area contributed by atoms with E-state index in [-0.39, 0.29) is 10.2 Å². The summed E-state index contributed by atoms with van der Waals surface area (Å²) in [6.45, 7) is 0.788. The Morgan fingerprint density at radius 2 is 1.73 bits per heavy atom. The quantitative estimate of drug-likeness (QED) is 0.568. The van der Waals surface area contributed by atoms with Crippen molar-refractivity contribution in [2.75, 3.05) is 13.1 Å². The predicted molar refractivity (Wildman–Crippen MR) is 54.9 cm³/mol. The third-order valence-electron chi connectivity index (χ3n) is 2.02. The topological polar surface area (TPSA) is 63.2 Å². The van der Waals surface area contributed by atoms with Crippen molar-refractivity contribution in [3.05, 3.63) is 29.8 Å². The average Bonchev–Trinajstić information content (AvgIpc) is 2.71. The smallest absolute Gasteiger partial charge is 0.225 e. The Morgan fingerprint density at radius 3 is 2.27 bits per heavy atom. The molecule has 0 unspecified atom stereocenters. The Labute approximate surface area is 92.5 Å². The molecule has 0 aliphatic carbocycles. The van der Waals surface area contributed by atoms with Crippen LogP contribution in [0.2, 0.25) is 5.28 Å². The van der Waals surface area contributed by atoms with E-state index >= 15 is 0 Å². The summed E-state index contributed by atoms with van der Waals surface area (Å²) < 4.78 is 25.2. The number of hydrogen-bond acceptors (Lipinski definition) is 4. The van der Waals surface area contributed by atoms with Crippen molar-refractivity contribution in [2.24, 2.45) is 0 Å². The lowest BCUT2D eigenvalue weighted by molar-refractivity contribution is 0.487. The highest BCUT2D eigenvalue weighted by molar-refractivity contribution is 7.89. The molecule has 15 heavy (non-hydrogen) atoms. The van der Waals surface area contributed by atoms with Crippen LogP contribution in [-0.2, 0) is 10.0 Å². The van der Waals surface area contributed by atoms with Crippen LogP contribution in [-0.4, -0.2) is 35.8 Å². The Balaban J connectivity index is 2.33. The van der Waals surface area contributed by atoms with Gasteiger partial charge in [0, 0.05) is 13.1 Å². The van der Waals surface area contributed by atoms with E-state index in [4.69, 9.17) is 11.6 Å². The molecule has 2 rings (SSSR count). The monoisotopic (exact) mass is 245 g/mol. The summed E-state index contributed by atoms with van der Waals surface area (Å²) in [4.78, 5) is 7.36. The number of rotatable bonds is 2. The fraction of sp³-hybridized carbons (Fsp3) is 0.250. The molecule has 1 aliphatic heterocycles. The lowest BCUT2D eigenvalue weighted by atomic mass is 10.6. The standard InChI is InChI=1S/C8H8ClN3O2S/c9-8-10-5-7(6-11-8)15(13,14)12-3-1-2-4-12/h1-2,5-6H,3-4H2. The summed E-state index contributed by atoms with van der Waals surface area (Å²) in [5.41, 5.74) is 0. The molecule has 80 valence electrons. The lowest BCUT2D eigenvalue weighted by Gasteiger charge is -2.14. The lowest BCUT2D eigenvalue weighted by Crippen LogP contribution is -2.28. The van der Waals surface area contributed by atoms with Crippen molar-refractivity contribution < 1.29 is 8.42 Å². The van der Waals surface area contributed by atoms with Gasteiger partial charge in [0.15, 0.2) is 0 Å². The van der Waals surface area contributed by atoms with Gasteiger partial charge in [0.05, 0.1) is 12.4 Å². The van der Waals surface area contributed by atoms with Crippen molar-refractivity contribution in [2.45, 2.75) is 4.90 Å². The summed E-state index contributed by atoms with van der Waals surface area (Å²) in [6, 6.07) is 0. The van der Waals surface area contributed by atoms with E-state index in [1.165, 1.54) is 16.7 Å². The van der Waals surface area contributed by atoms with Crippen molar-refractivity contribution in [1.29, 1.82) is 0 Å². The molecule has 0 N–H and O–H groups in total. The number of aromatic nitrogens is 2. The maximum atomic E-state index is 11.9. The third kappa shape index (κ3) is 2.01. The van der Waals surface area contributed by atoms with Gasteiger partial charge < -0.3 is 0 Å². The Hall–Kier alpha value is -0.980. The summed E-state index contributed by atoms with van der Waals surface area (Å²) in [5, 5.41) is 0.0356. The Kier molecular flexibility index (Phi) is 2.72. The van der Waals surface area contributed by atoms with Crippen LogP contribution in [0.3, 0.4) is 0 Å². The SMILES string of the molecule is O=S(=O)(c1cnc(Cl)nc1)N1CC=CC1. The Bertz CT molecular complexity index is 475. The van der Waals surface area contributed by atoms with Crippen LogP contribution >= 0.6 is 11.6 Å². The average molecular weight is 246 g/mol. The zero-order valence-corrected chi connectivity index (χ0v) is 9.24. The predicted octanol–water partition coefficient (Wildman–Crippen LogP) is 0.691. The van der Waals surface area contributed by atoms with Crippen LogP contribution in [0, 0.1) is 0 Å². The second-order valence-electron chi connectivity index (χ2n) is 2.98. The van der Waals surface area contributed by atoms with Crippen LogP contribution in [0.5, 0.6) is 0 Å². The van der Waals surface area contributed by atoms with Gasteiger partial charge in [0.25, 0.3) is 0 Å². The summed E-state index contributed by atoms with van der Waals surface area (Å²) in [5.74, 6) is 0. The molecule has 0 aromatic carbocycles. The van der Waals surface area contributed by atoms with Gasteiger partial charge in [-0.1, -0.05) is 12.2 Å². The van der Waals surface area contributed by atoms with Gasteiger partial charge >= 0.3 is 0 Å². The summed E-state index contributed by atoms with van der Waals surface area (Å²) >= 11 is 5.48. The molecule has 0 spiro atoms. The number of nitrogens with zero attached hydrogens (tertiary/aromatic N) is 3. The maximum Gasteiger partial charge on any atom is 0.246 e. The van der Waals surface area contributed by atoms with Gasteiger partial charge in [-0.25, -0.2) is 18.4 Å². The molecular formula is C8H8ClN3O2S. The van der Waals surface area contributed by atoms with E-state index in [9.17, 15) is 8.42 Å². The van der Waals surface area contributed by atoms with E-state index in [0.717, 1.165) is 0 Å². The molecule has 0 saturated heterocycles. The fourth-order valence-corrected chi connectivity index (χ4v) is 2.57. The zero-order valence-electron chi connectivity index (χ0n) is 7.67. The van der Waals surface area contributed by atoms with Gasteiger partial charge in [-0.15, -0.1) is 0 Å². The Morgan fingerprint density at radius 1 is 1.20 bits per heavy atom. The highest BCUT2D eigenvalue weighted by Crippen LogP contribution is 2.16. The summed E-state index contributed by atoms with van der Waals surface area (Å²) in [6.07, 6.45) is 6.02. The van der Waals surface area contributed by atoms with E-state index in [1.807, 2.05) is 0 Å². The maximum absolute atomic E-state index is 11.9. The molecule has 2 heterocycles. The molecule has 1 aliphatic rings. The van der Waals surface area contributed by atoms with E-state index in [0.29, 0.717) is 13.1 Å². The molecule has 0 radical (unpaired) electrons. The molecule has 5 nitrogen and oxygen atoms in total. The first-order valence-corrected chi connectivity index (χ1v) is 6.05. The molecule has 1 aromatic heterocycles. The van der Waals surface area contributed by atoms with Crippen molar-refractivity contribution in [1.82, 2.24) is 14.3 Å². The summed E-state index contributed by atoms with van der Waals surface area (Å²) in [7, 11) is -3.47. The first-order valence-electron chi connectivity index (χ1n) is 4.23. The highest BCUT2D eigenvalue weighted by Gasteiger charge is 2.25. The van der Waals surface area contributed by atoms with Crippen LogP contribution in [0.25, 0.3) is 0 Å². The molecule has 1 aromatic rings. The second kappa shape index (κ2) is 3.88. The second-order valence-corrected chi connectivity index (χ2v) is 5.26. The minimum atomic E-state index is -3.47. The normalized spacial score (nSPS) is 17.1. The molecule has 7 heteroatoms. The highest BCUT2D eigenvalue weighted by atomic mass is 35.5. The minimum Gasteiger partial charge on any atom is -0.225 e. The van der Waals surface area contributed by atoms with Gasteiger partial charge in [0.2, 0.25) is 15.3 Å². The van der Waals surface area contributed by atoms with Crippen LogP contribution in [0.4, 0.5) is 0 Å².